The largest absolute Gasteiger partial charge is 0.459 e. The van der Waals surface area contributed by atoms with E-state index in [4.69, 9.17) is 4.74 Å². The van der Waals surface area contributed by atoms with Crippen LogP contribution in [0.3, 0.4) is 0 Å². The molecule has 0 unspecified atom stereocenters. The second kappa shape index (κ2) is 5.90. The van der Waals surface area contributed by atoms with Gasteiger partial charge in [-0.1, -0.05) is 0 Å². The van der Waals surface area contributed by atoms with E-state index in [0.717, 1.165) is 11.3 Å². The molecule has 1 heterocycles. The van der Waals surface area contributed by atoms with Crippen molar-refractivity contribution in [2.45, 2.75) is 43.5 Å². The fraction of sp³-hybridized carbons (Fsp3) is 0.545. The fourth-order valence-electron chi connectivity index (χ4n) is 1.17. The van der Waals surface area contributed by atoms with Gasteiger partial charge < -0.3 is 4.74 Å². The van der Waals surface area contributed by atoms with Gasteiger partial charge in [-0.15, -0.1) is 11.3 Å². The highest BCUT2D eigenvalue weighted by atomic mass is 79.9. The van der Waals surface area contributed by atoms with Gasteiger partial charge in [-0.3, -0.25) is 4.79 Å². The molecular formula is C11H16BrNO4S2. The Kier molecular flexibility index (Phi) is 5.16. The molecule has 0 aliphatic carbocycles. The maximum absolute atomic E-state index is 12.0. The van der Waals surface area contributed by atoms with Gasteiger partial charge in [0.25, 0.3) is 10.0 Å². The molecule has 0 aromatic carbocycles. The van der Waals surface area contributed by atoms with Crippen molar-refractivity contribution in [2.24, 2.45) is 0 Å². The summed E-state index contributed by atoms with van der Waals surface area (Å²) in [4.78, 5) is 11.7. The van der Waals surface area contributed by atoms with E-state index in [9.17, 15) is 13.2 Å². The van der Waals surface area contributed by atoms with Crippen LogP contribution in [0.25, 0.3) is 0 Å². The average Bonchev–Trinajstić information content (AvgIpc) is 2.62. The van der Waals surface area contributed by atoms with E-state index in [1.165, 1.54) is 13.0 Å². The van der Waals surface area contributed by atoms with Crippen LogP contribution < -0.4 is 4.72 Å². The molecule has 5 nitrogen and oxygen atoms in total. The van der Waals surface area contributed by atoms with Crippen LogP contribution in [0.2, 0.25) is 0 Å². The zero-order valence-electron chi connectivity index (χ0n) is 11.1. The second-order valence-electron chi connectivity index (χ2n) is 4.93. The highest BCUT2D eigenvalue weighted by molar-refractivity contribution is 9.11. The van der Waals surface area contributed by atoms with Gasteiger partial charge in [0.1, 0.15) is 15.9 Å². The van der Waals surface area contributed by atoms with Gasteiger partial charge >= 0.3 is 5.97 Å². The second-order valence-corrected chi connectivity index (χ2v) is 9.34. The highest BCUT2D eigenvalue weighted by Crippen LogP contribution is 2.26. The van der Waals surface area contributed by atoms with E-state index >= 15 is 0 Å². The lowest BCUT2D eigenvalue weighted by atomic mass is 10.2. The summed E-state index contributed by atoms with van der Waals surface area (Å²) in [5.74, 6) is -0.605. The van der Waals surface area contributed by atoms with Crippen LogP contribution in [0, 0.1) is 0 Å². The van der Waals surface area contributed by atoms with Crippen molar-refractivity contribution in [1.29, 1.82) is 0 Å². The van der Waals surface area contributed by atoms with Crippen LogP contribution in [0.1, 0.15) is 27.7 Å². The molecule has 1 rings (SSSR count). The molecule has 0 amide bonds. The van der Waals surface area contributed by atoms with Crippen LogP contribution >= 0.6 is 27.3 Å². The van der Waals surface area contributed by atoms with Crippen LogP contribution in [0.4, 0.5) is 0 Å². The summed E-state index contributed by atoms with van der Waals surface area (Å²) in [5, 5.41) is 0. The average molecular weight is 370 g/mol. The highest BCUT2D eigenvalue weighted by Gasteiger charge is 2.27. The molecule has 1 aromatic rings. The van der Waals surface area contributed by atoms with Crippen molar-refractivity contribution < 1.29 is 17.9 Å². The van der Waals surface area contributed by atoms with Crippen LogP contribution in [0.5, 0.6) is 0 Å². The molecular weight excluding hydrogens is 354 g/mol. The summed E-state index contributed by atoms with van der Waals surface area (Å²) in [5.41, 5.74) is -0.650. The number of nitrogens with one attached hydrogen (secondary N) is 1. The first-order valence-corrected chi connectivity index (χ1v) is 8.61. The number of esters is 1. The predicted octanol–water partition coefficient (Wildman–Crippen LogP) is 2.52. The summed E-state index contributed by atoms with van der Waals surface area (Å²) in [7, 11) is -3.70. The minimum atomic E-state index is -3.70. The summed E-state index contributed by atoms with van der Waals surface area (Å²) in [6, 6.07) is 2.17. The first-order valence-electron chi connectivity index (χ1n) is 5.52. The van der Waals surface area contributed by atoms with E-state index in [2.05, 4.69) is 20.7 Å². The Morgan fingerprint density at radius 2 is 2.00 bits per heavy atom. The normalized spacial score (nSPS) is 14.2. The number of ether oxygens (including phenoxy) is 1. The Bertz CT molecular complexity index is 559. The Hall–Kier alpha value is -0.440. The van der Waals surface area contributed by atoms with E-state index in [0.29, 0.717) is 3.79 Å². The number of carbonyl (C=O) groups excluding carboxylic acids is 1. The maximum Gasteiger partial charge on any atom is 0.324 e. The number of hydrogen-bond donors (Lipinski definition) is 1. The Labute approximate surface area is 125 Å². The third kappa shape index (κ3) is 5.21. The zero-order valence-corrected chi connectivity index (χ0v) is 14.3. The van der Waals surface area contributed by atoms with Crippen LogP contribution in [0.15, 0.2) is 20.1 Å². The lowest BCUT2D eigenvalue weighted by Crippen LogP contribution is -2.41. The molecule has 0 radical (unpaired) electrons. The number of thiophene rings is 1. The van der Waals surface area contributed by atoms with Crippen molar-refractivity contribution in [2.75, 3.05) is 0 Å². The molecule has 8 heteroatoms. The van der Waals surface area contributed by atoms with E-state index in [1.54, 1.807) is 26.8 Å². The first kappa shape index (κ1) is 16.6. The van der Waals surface area contributed by atoms with Crippen LogP contribution in [-0.4, -0.2) is 26.0 Å². The van der Waals surface area contributed by atoms with Crippen molar-refractivity contribution in [3.8, 4) is 0 Å². The molecule has 0 saturated heterocycles. The summed E-state index contributed by atoms with van der Waals surface area (Å²) >= 11 is 4.27. The SMILES string of the molecule is C[C@H](NS(=O)(=O)c1ccc(Br)s1)C(=O)OC(C)(C)C. The smallest absolute Gasteiger partial charge is 0.324 e. The van der Waals surface area contributed by atoms with E-state index in [1.807, 2.05) is 0 Å². The topological polar surface area (TPSA) is 72.5 Å². The maximum atomic E-state index is 12.0. The number of hydrogen-bond acceptors (Lipinski definition) is 5. The van der Waals surface area contributed by atoms with Crippen molar-refractivity contribution in [3.05, 3.63) is 15.9 Å². The van der Waals surface area contributed by atoms with Crippen molar-refractivity contribution in [3.63, 3.8) is 0 Å². The monoisotopic (exact) mass is 369 g/mol. The van der Waals surface area contributed by atoms with E-state index in [-0.39, 0.29) is 4.21 Å². The number of carbonyl (C=O) groups is 1. The summed E-state index contributed by atoms with van der Waals surface area (Å²) in [6.45, 7) is 6.63. The van der Waals surface area contributed by atoms with Gasteiger partial charge in [0.2, 0.25) is 0 Å². The first-order chi connectivity index (χ1) is 8.51. The van der Waals surface area contributed by atoms with Gasteiger partial charge in [-0.25, -0.2) is 8.42 Å². The minimum absolute atomic E-state index is 0.148. The number of rotatable bonds is 4. The number of halogens is 1. The molecule has 0 fully saturated rings. The molecule has 108 valence electrons. The molecule has 0 bridgehead atoms. The molecule has 0 aliphatic heterocycles. The quantitative estimate of drug-likeness (QED) is 0.827. The summed E-state index contributed by atoms with van der Waals surface area (Å²) < 4.78 is 32.3. The molecule has 0 saturated carbocycles. The molecule has 1 N–H and O–H groups in total. The minimum Gasteiger partial charge on any atom is -0.459 e. The van der Waals surface area contributed by atoms with Gasteiger partial charge in [0.05, 0.1) is 3.79 Å². The van der Waals surface area contributed by atoms with Gasteiger partial charge in [0.15, 0.2) is 0 Å². The lowest BCUT2D eigenvalue weighted by molar-refractivity contribution is -0.156. The lowest BCUT2D eigenvalue weighted by Gasteiger charge is -2.22. The van der Waals surface area contributed by atoms with Crippen LogP contribution in [-0.2, 0) is 19.6 Å². The van der Waals surface area contributed by atoms with Crippen molar-refractivity contribution >= 4 is 43.3 Å². The van der Waals surface area contributed by atoms with Crippen molar-refractivity contribution in [1.82, 2.24) is 4.72 Å². The Morgan fingerprint density at radius 3 is 2.42 bits per heavy atom. The van der Waals surface area contributed by atoms with Gasteiger partial charge in [-0.05, 0) is 55.8 Å². The zero-order chi connectivity index (χ0) is 14.8. The summed E-state index contributed by atoms with van der Waals surface area (Å²) in [6.07, 6.45) is 0. The molecule has 0 aliphatic rings. The molecule has 1 aromatic heterocycles. The molecule has 0 spiro atoms. The van der Waals surface area contributed by atoms with Gasteiger partial charge in [0, 0.05) is 0 Å². The third-order valence-electron chi connectivity index (χ3n) is 1.91. The third-order valence-corrected chi connectivity index (χ3v) is 5.56. The Balaban J connectivity index is 2.76. The van der Waals surface area contributed by atoms with E-state index < -0.39 is 27.6 Å². The van der Waals surface area contributed by atoms with Gasteiger partial charge in [-0.2, -0.15) is 4.72 Å². The standard InChI is InChI=1S/C11H16BrNO4S2/c1-7(10(14)17-11(2,3)4)13-19(15,16)9-6-5-8(12)18-9/h5-7,13H,1-4H3/t7-/m0/s1. The number of sulfonamides is 1. The predicted molar refractivity (Wildman–Crippen MR) is 77.6 cm³/mol. The fourth-order valence-corrected chi connectivity index (χ4v) is 4.39. The Morgan fingerprint density at radius 1 is 1.42 bits per heavy atom. The molecule has 19 heavy (non-hydrogen) atoms. The molecule has 1 atom stereocenters.